The van der Waals surface area contributed by atoms with Crippen molar-refractivity contribution >= 4 is 41.3 Å². The molecular formula is C18H33IN4O2S. The molecule has 0 aliphatic carbocycles. The van der Waals surface area contributed by atoms with E-state index in [0.717, 1.165) is 49.2 Å². The third kappa shape index (κ3) is 6.94. The van der Waals surface area contributed by atoms with Gasteiger partial charge < -0.3 is 20.5 Å². The minimum atomic E-state index is 0. The molecule has 0 saturated carbocycles. The maximum absolute atomic E-state index is 9.34. The Bertz CT molecular complexity index is 566. The second-order valence-electron chi connectivity index (χ2n) is 7.70. The number of hydrogen-bond acceptors (Lipinski definition) is 5. The summed E-state index contributed by atoms with van der Waals surface area (Å²) in [5.74, 6) is 0.791. The Kier molecular flexibility index (Phi) is 9.77. The van der Waals surface area contributed by atoms with Crippen LogP contribution in [0.3, 0.4) is 0 Å². The first-order chi connectivity index (χ1) is 11.9. The summed E-state index contributed by atoms with van der Waals surface area (Å²) in [4.78, 5) is 9.37. The summed E-state index contributed by atoms with van der Waals surface area (Å²) in [6, 6.07) is 0. The number of aromatic nitrogens is 1. The summed E-state index contributed by atoms with van der Waals surface area (Å²) < 4.78 is 5.55. The van der Waals surface area contributed by atoms with Crippen LogP contribution in [-0.2, 0) is 16.7 Å². The Labute approximate surface area is 178 Å². The van der Waals surface area contributed by atoms with Gasteiger partial charge in [0.2, 0.25) is 0 Å². The minimum absolute atomic E-state index is 0. The van der Waals surface area contributed by atoms with Crippen LogP contribution in [0.15, 0.2) is 10.4 Å². The number of hydrogen-bond donors (Lipinski definition) is 3. The van der Waals surface area contributed by atoms with Crippen molar-refractivity contribution < 1.29 is 9.84 Å². The molecule has 1 aliphatic heterocycles. The molecule has 1 aromatic rings. The number of nitrogens with zero attached hydrogens (tertiary/aromatic N) is 2. The zero-order valence-corrected chi connectivity index (χ0v) is 19.4. The number of aliphatic hydroxyl groups is 1. The Morgan fingerprint density at radius 1 is 1.42 bits per heavy atom. The van der Waals surface area contributed by atoms with Gasteiger partial charge in [-0.2, -0.15) is 0 Å². The summed E-state index contributed by atoms with van der Waals surface area (Å²) in [5, 5.41) is 19.2. The van der Waals surface area contributed by atoms with Crippen LogP contribution < -0.4 is 10.6 Å². The van der Waals surface area contributed by atoms with E-state index in [9.17, 15) is 5.11 Å². The first-order valence-electron chi connectivity index (χ1n) is 9.04. The third-order valence-electron chi connectivity index (χ3n) is 4.49. The highest BCUT2D eigenvalue weighted by Crippen LogP contribution is 2.31. The SMILES string of the molecule is CCNC(=NCc1nc(C(C)(C)C)cs1)NCC1(CCO)CCOC1.I. The molecule has 0 bridgehead atoms. The molecule has 2 heterocycles. The highest BCUT2D eigenvalue weighted by atomic mass is 127. The molecule has 150 valence electrons. The lowest BCUT2D eigenvalue weighted by molar-refractivity contribution is 0.127. The highest BCUT2D eigenvalue weighted by Gasteiger charge is 2.34. The van der Waals surface area contributed by atoms with Gasteiger partial charge in [0.1, 0.15) is 5.01 Å². The smallest absolute Gasteiger partial charge is 0.191 e. The standard InChI is InChI=1S/C18H32N4O2S.HI/c1-5-19-16(21-12-18(6-8-23)7-9-24-13-18)20-10-15-22-14(11-25-15)17(2,3)4;/h11,23H,5-10,12-13H2,1-4H3,(H2,19,20,21);1H. The third-order valence-corrected chi connectivity index (χ3v) is 5.33. The molecule has 8 heteroatoms. The van der Waals surface area contributed by atoms with Crippen molar-refractivity contribution in [2.45, 2.75) is 52.5 Å². The molecule has 1 unspecified atom stereocenters. The highest BCUT2D eigenvalue weighted by molar-refractivity contribution is 14.0. The molecule has 1 aliphatic rings. The molecular weight excluding hydrogens is 463 g/mol. The predicted molar refractivity (Wildman–Crippen MR) is 119 cm³/mol. The summed E-state index contributed by atoms with van der Waals surface area (Å²) in [6.07, 6.45) is 1.72. The Morgan fingerprint density at radius 3 is 2.73 bits per heavy atom. The van der Waals surface area contributed by atoms with Crippen LogP contribution >= 0.6 is 35.3 Å². The van der Waals surface area contributed by atoms with E-state index in [1.54, 1.807) is 11.3 Å². The molecule has 1 fully saturated rings. The number of nitrogens with one attached hydrogen (secondary N) is 2. The monoisotopic (exact) mass is 496 g/mol. The summed E-state index contributed by atoms with van der Waals surface area (Å²) in [5.41, 5.74) is 1.19. The van der Waals surface area contributed by atoms with Gasteiger partial charge in [-0.1, -0.05) is 20.8 Å². The molecule has 0 amide bonds. The van der Waals surface area contributed by atoms with Crippen LogP contribution in [0.4, 0.5) is 0 Å². The quantitative estimate of drug-likeness (QED) is 0.308. The van der Waals surface area contributed by atoms with Crippen LogP contribution in [0, 0.1) is 5.41 Å². The summed E-state index contributed by atoms with van der Waals surface area (Å²) in [6.45, 7) is 12.4. The number of thiazole rings is 1. The van der Waals surface area contributed by atoms with Gasteiger partial charge in [-0.15, -0.1) is 35.3 Å². The maximum Gasteiger partial charge on any atom is 0.191 e. The maximum atomic E-state index is 9.34. The van der Waals surface area contributed by atoms with Crippen LogP contribution in [0.1, 0.15) is 51.2 Å². The van der Waals surface area contributed by atoms with E-state index < -0.39 is 0 Å². The molecule has 0 spiro atoms. The Morgan fingerprint density at radius 2 is 2.19 bits per heavy atom. The van der Waals surface area contributed by atoms with E-state index in [0.29, 0.717) is 13.2 Å². The average molecular weight is 496 g/mol. The average Bonchev–Trinajstić information content (AvgIpc) is 3.20. The van der Waals surface area contributed by atoms with Gasteiger partial charge in [-0.3, -0.25) is 0 Å². The van der Waals surface area contributed by atoms with E-state index in [1.165, 1.54) is 0 Å². The van der Waals surface area contributed by atoms with E-state index in [4.69, 9.17) is 9.72 Å². The van der Waals surface area contributed by atoms with Crippen molar-refractivity contribution in [2.24, 2.45) is 10.4 Å². The lowest BCUT2D eigenvalue weighted by atomic mass is 9.84. The lowest BCUT2D eigenvalue weighted by Gasteiger charge is -2.27. The fraction of sp³-hybridized carbons (Fsp3) is 0.778. The topological polar surface area (TPSA) is 78.8 Å². The molecule has 2 rings (SSSR count). The van der Waals surface area contributed by atoms with Gasteiger partial charge >= 0.3 is 0 Å². The fourth-order valence-electron chi connectivity index (χ4n) is 2.80. The van der Waals surface area contributed by atoms with Gasteiger partial charge in [-0.05, 0) is 19.8 Å². The van der Waals surface area contributed by atoms with Crippen molar-refractivity contribution in [1.29, 1.82) is 0 Å². The number of aliphatic imine (C=N–C) groups is 1. The minimum Gasteiger partial charge on any atom is -0.396 e. The molecule has 26 heavy (non-hydrogen) atoms. The molecule has 1 aromatic heterocycles. The van der Waals surface area contributed by atoms with Crippen molar-refractivity contribution in [3.05, 3.63) is 16.1 Å². The molecule has 1 atom stereocenters. The Hall–Kier alpha value is -0.450. The number of rotatable bonds is 7. The van der Waals surface area contributed by atoms with Crippen LogP contribution in [0.2, 0.25) is 0 Å². The fourth-order valence-corrected chi connectivity index (χ4v) is 3.74. The van der Waals surface area contributed by atoms with E-state index in [2.05, 4.69) is 48.7 Å². The second kappa shape index (κ2) is 10.8. The van der Waals surface area contributed by atoms with E-state index in [1.807, 2.05) is 0 Å². The number of guanidine groups is 1. The summed E-state index contributed by atoms with van der Waals surface area (Å²) in [7, 11) is 0. The first-order valence-corrected chi connectivity index (χ1v) is 9.92. The normalized spacial score (nSPS) is 20.7. The largest absolute Gasteiger partial charge is 0.396 e. The molecule has 0 radical (unpaired) electrons. The number of aliphatic hydroxyl groups excluding tert-OH is 1. The number of ether oxygens (including phenoxy) is 1. The second-order valence-corrected chi connectivity index (χ2v) is 8.64. The first kappa shape index (κ1) is 23.6. The molecule has 3 N–H and O–H groups in total. The van der Waals surface area contributed by atoms with Crippen molar-refractivity contribution in [1.82, 2.24) is 15.6 Å². The zero-order valence-electron chi connectivity index (χ0n) is 16.3. The molecule has 1 saturated heterocycles. The van der Waals surface area contributed by atoms with Crippen LogP contribution in [-0.4, -0.2) is 49.0 Å². The van der Waals surface area contributed by atoms with Crippen molar-refractivity contribution in [2.75, 3.05) is 32.9 Å². The van der Waals surface area contributed by atoms with E-state index >= 15 is 0 Å². The van der Waals surface area contributed by atoms with Crippen molar-refractivity contribution in [3.63, 3.8) is 0 Å². The van der Waals surface area contributed by atoms with Gasteiger partial charge in [0.05, 0.1) is 18.8 Å². The van der Waals surface area contributed by atoms with Gasteiger partial charge in [0, 0.05) is 42.5 Å². The van der Waals surface area contributed by atoms with Gasteiger partial charge in [-0.25, -0.2) is 9.98 Å². The Balaban J connectivity index is 0.00000338. The van der Waals surface area contributed by atoms with Gasteiger partial charge in [0.15, 0.2) is 5.96 Å². The molecule has 6 nitrogen and oxygen atoms in total. The van der Waals surface area contributed by atoms with Gasteiger partial charge in [0.25, 0.3) is 0 Å². The zero-order chi connectivity index (χ0) is 18.3. The lowest BCUT2D eigenvalue weighted by Crippen LogP contribution is -2.44. The van der Waals surface area contributed by atoms with Crippen LogP contribution in [0.5, 0.6) is 0 Å². The van der Waals surface area contributed by atoms with E-state index in [-0.39, 0.29) is 41.4 Å². The molecule has 0 aromatic carbocycles. The number of halogens is 1. The summed E-state index contributed by atoms with van der Waals surface area (Å²) >= 11 is 1.66. The van der Waals surface area contributed by atoms with Crippen LogP contribution in [0.25, 0.3) is 0 Å². The predicted octanol–water partition coefficient (Wildman–Crippen LogP) is 2.90. The van der Waals surface area contributed by atoms with Crippen molar-refractivity contribution in [3.8, 4) is 0 Å².